The molecule has 7 heteroatoms. The second-order valence-electron chi connectivity index (χ2n) is 6.96. The summed E-state index contributed by atoms with van der Waals surface area (Å²) in [7, 11) is 0. The molecule has 0 radical (unpaired) electrons. The largest absolute Gasteiger partial charge is 0.336 e. The monoisotopic (exact) mass is 441 g/mol. The second-order valence-corrected chi connectivity index (χ2v) is 7.87. The lowest BCUT2D eigenvalue weighted by molar-refractivity contribution is -0.123. The minimum Gasteiger partial charge on any atom is -0.336 e. The number of carbonyl (C=O) groups excluding carboxylic acids is 3. The van der Waals surface area contributed by atoms with Gasteiger partial charge in [-0.2, -0.15) is 0 Å². The molecule has 2 aromatic carbocycles. The van der Waals surface area contributed by atoms with Gasteiger partial charge in [0.05, 0.1) is 18.2 Å². The highest BCUT2D eigenvalue weighted by Crippen LogP contribution is 2.27. The Morgan fingerprint density at radius 1 is 0.893 bits per heavy atom. The van der Waals surface area contributed by atoms with E-state index >= 15 is 0 Å². The third-order valence-electron chi connectivity index (χ3n) is 5.27. The Bertz CT molecular complexity index is 893. The number of rotatable bonds is 3. The lowest BCUT2D eigenvalue weighted by Crippen LogP contribution is -2.53. The summed E-state index contributed by atoms with van der Waals surface area (Å²) in [5.41, 5.74) is 1.27. The highest BCUT2D eigenvalue weighted by atomic mass is 79.9. The van der Waals surface area contributed by atoms with Crippen LogP contribution in [0.1, 0.15) is 16.8 Å². The summed E-state index contributed by atoms with van der Waals surface area (Å²) in [4.78, 5) is 43.1. The molecule has 0 aliphatic carbocycles. The predicted molar refractivity (Wildman–Crippen MR) is 109 cm³/mol. The van der Waals surface area contributed by atoms with Gasteiger partial charge in [0.2, 0.25) is 5.91 Å². The second kappa shape index (κ2) is 7.85. The standard InChI is InChI=1S/C21H20BrN3O3/c22-16-6-8-17(9-7-16)25-19(26)14-18(21(25)28)23-10-12-24(13-11-23)20(27)15-4-2-1-3-5-15/h1-9,18H,10-14H2/t18-/m0/s1. The van der Waals surface area contributed by atoms with Crippen molar-refractivity contribution in [1.82, 2.24) is 9.80 Å². The third kappa shape index (κ3) is 3.59. The van der Waals surface area contributed by atoms with Gasteiger partial charge in [0.25, 0.3) is 11.8 Å². The Balaban J connectivity index is 1.41. The Morgan fingerprint density at radius 2 is 1.54 bits per heavy atom. The van der Waals surface area contributed by atoms with Gasteiger partial charge < -0.3 is 4.90 Å². The Morgan fingerprint density at radius 3 is 2.18 bits per heavy atom. The number of nitrogens with zero attached hydrogens (tertiary/aromatic N) is 3. The van der Waals surface area contributed by atoms with Gasteiger partial charge in [-0.05, 0) is 36.4 Å². The molecule has 1 atom stereocenters. The smallest absolute Gasteiger partial charge is 0.253 e. The van der Waals surface area contributed by atoms with Crippen LogP contribution in [0.3, 0.4) is 0 Å². The zero-order chi connectivity index (χ0) is 19.7. The molecule has 2 aromatic rings. The molecule has 0 N–H and O–H groups in total. The summed E-state index contributed by atoms with van der Waals surface area (Å²) in [6, 6.07) is 15.9. The summed E-state index contributed by atoms with van der Waals surface area (Å²) in [6.45, 7) is 2.25. The minimum atomic E-state index is -0.454. The Kier molecular flexibility index (Phi) is 5.28. The summed E-state index contributed by atoms with van der Waals surface area (Å²) < 4.78 is 0.895. The van der Waals surface area contributed by atoms with Crippen LogP contribution in [0.2, 0.25) is 0 Å². The highest BCUT2D eigenvalue weighted by Gasteiger charge is 2.43. The SMILES string of the molecule is O=C(c1ccccc1)N1CCN([C@H]2CC(=O)N(c3ccc(Br)cc3)C2=O)CC1. The molecular weight excluding hydrogens is 422 g/mol. The van der Waals surface area contributed by atoms with E-state index in [-0.39, 0.29) is 24.1 Å². The molecule has 2 heterocycles. The molecule has 0 unspecified atom stereocenters. The van der Waals surface area contributed by atoms with Gasteiger partial charge in [-0.1, -0.05) is 34.1 Å². The number of hydrogen-bond acceptors (Lipinski definition) is 4. The van der Waals surface area contributed by atoms with Crippen molar-refractivity contribution in [2.75, 3.05) is 31.1 Å². The average molecular weight is 442 g/mol. The van der Waals surface area contributed by atoms with Crippen molar-refractivity contribution in [3.8, 4) is 0 Å². The molecule has 6 nitrogen and oxygen atoms in total. The van der Waals surface area contributed by atoms with Crippen LogP contribution in [-0.2, 0) is 9.59 Å². The zero-order valence-electron chi connectivity index (χ0n) is 15.3. The average Bonchev–Trinajstić information content (AvgIpc) is 3.03. The predicted octanol–water partition coefficient (Wildman–Crippen LogP) is 2.54. The topological polar surface area (TPSA) is 60.9 Å². The maximum absolute atomic E-state index is 12.9. The minimum absolute atomic E-state index is 0.00515. The van der Waals surface area contributed by atoms with E-state index in [9.17, 15) is 14.4 Å². The molecule has 2 aliphatic rings. The molecule has 2 fully saturated rings. The van der Waals surface area contributed by atoms with Crippen molar-refractivity contribution in [2.45, 2.75) is 12.5 Å². The molecule has 2 aliphatic heterocycles. The number of hydrogen-bond donors (Lipinski definition) is 0. The van der Waals surface area contributed by atoms with Crippen LogP contribution in [0, 0.1) is 0 Å². The van der Waals surface area contributed by atoms with Crippen LogP contribution in [0.25, 0.3) is 0 Å². The third-order valence-corrected chi connectivity index (χ3v) is 5.80. The van der Waals surface area contributed by atoms with E-state index in [2.05, 4.69) is 15.9 Å². The lowest BCUT2D eigenvalue weighted by atomic mass is 10.1. The Labute approximate surface area is 171 Å². The summed E-state index contributed by atoms with van der Waals surface area (Å²) in [5, 5.41) is 0. The summed E-state index contributed by atoms with van der Waals surface area (Å²) in [5.74, 6) is -0.360. The maximum Gasteiger partial charge on any atom is 0.253 e. The number of piperazine rings is 1. The van der Waals surface area contributed by atoms with Gasteiger partial charge >= 0.3 is 0 Å². The molecule has 28 heavy (non-hydrogen) atoms. The van der Waals surface area contributed by atoms with E-state index in [1.807, 2.05) is 47.4 Å². The number of benzene rings is 2. The van der Waals surface area contributed by atoms with Crippen molar-refractivity contribution < 1.29 is 14.4 Å². The fourth-order valence-electron chi connectivity index (χ4n) is 3.76. The van der Waals surface area contributed by atoms with Crippen LogP contribution in [0.4, 0.5) is 5.69 Å². The fourth-order valence-corrected chi connectivity index (χ4v) is 4.03. The summed E-state index contributed by atoms with van der Waals surface area (Å²) in [6.07, 6.45) is 0.182. The quantitative estimate of drug-likeness (QED) is 0.686. The molecule has 0 bridgehead atoms. The van der Waals surface area contributed by atoms with Crippen LogP contribution in [0.15, 0.2) is 59.1 Å². The van der Waals surface area contributed by atoms with E-state index < -0.39 is 6.04 Å². The number of carbonyl (C=O) groups is 3. The van der Waals surface area contributed by atoms with E-state index in [0.29, 0.717) is 37.4 Å². The van der Waals surface area contributed by atoms with Gasteiger partial charge in [-0.3, -0.25) is 19.3 Å². The lowest BCUT2D eigenvalue weighted by Gasteiger charge is -2.37. The van der Waals surface area contributed by atoms with E-state index in [1.165, 1.54) is 4.90 Å². The molecular formula is C21H20BrN3O3. The van der Waals surface area contributed by atoms with Gasteiger partial charge in [0, 0.05) is 36.2 Å². The highest BCUT2D eigenvalue weighted by molar-refractivity contribution is 9.10. The van der Waals surface area contributed by atoms with Gasteiger partial charge in [0.15, 0.2) is 0 Å². The van der Waals surface area contributed by atoms with Crippen LogP contribution < -0.4 is 4.90 Å². The Hall–Kier alpha value is -2.51. The normalized spacial score (nSPS) is 20.7. The molecule has 2 saturated heterocycles. The number of halogens is 1. The van der Waals surface area contributed by atoms with Crippen molar-refractivity contribution in [3.05, 3.63) is 64.6 Å². The molecule has 0 saturated carbocycles. The first kappa shape index (κ1) is 18.8. The van der Waals surface area contributed by atoms with Gasteiger partial charge in [-0.25, -0.2) is 4.90 Å². The molecule has 0 aromatic heterocycles. The van der Waals surface area contributed by atoms with Crippen molar-refractivity contribution >= 4 is 39.3 Å². The van der Waals surface area contributed by atoms with Crippen molar-refractivity contribution in [3.63, 3.8) is 0 Å². The van der Waals surface area contributed by atoms with Crippen LogP contribution in [-0.4, -0.2) is 59.7 Å². The number of anilines is 1. The number of amides is 3. The fraction of sp³-hybridized carbons (Fsp3) is 0.286. The van der Waals surface area contributed by atoms with Gasteiger partial charge in [0.1, 0.15) is 0 Å². The first-order chi connectivity index (χ1) is 13.5. The van der Waals surface area contributed by atoms with E-state index in [0.717, 1.165) is 4.47 Å². The zero-order valence-corrected chi connectivity index (χ0v) is 16.8. The van der Waals surface area contributed by atoms with E-state index in [1.54, 1.807) is 17.0 Å². The van der Waals surface area contributed by atoms with Crippen molar-refractivity contribution in [1.29, 1.82) is 0 Å². The molecule has 0 spiro atoms. The van der Waals surface area contributed by atoms with Gasteiger partial charge in [-0.15, -0.1) is 0 Å². The van der Waals surface area contributed by atoms with Crippen LogP contribution >= 0.6 is 15.9 Å². The first-order valence-corrected chi connectivity index (χ1v) is 10.0. The summed E-state index contributed by atoms with van der Waals surface area (Å²) >= 11 is 3.36. The molecule has 3 amide bonds. The number of imide groups is 1. The van der Waals surface area contributed by atoms with E-state index in [4.69, 9.17) is 0 Å². The molecule has 144 valence electrons. The maximum atomic E-state index is 12.9. The van der Waals surface area contributed by atoms with Crippen molar-refractivity contribution in [2.24, 2.45) is 0 Å². The molecule has 4 rings (SSSR count). The van der Waals surface area contributed by atoms with Crippen LogP contribution in [0.5, 0.6) is 0 Å². The first-order valence-electron chi connectivity index (χ1n) is 9.25.